The van der Waals surface area contributed by atoms with Gasteiger partial charge in [0.2, 0.25) is 5.91 Å². The van der Waals surface area contributed by atoms with Crippen LogP contribution in [0.1, 0.15) is 55.0 Å². The second-order valence-electron chi connectivity index (χ2n) is 7.06. The molecule has 3 aliphatic rings. The zero-order valence-corrected chi connectivity index (χ0v) is 13.0. The van der Waals surface area contributed by atoms with Crippen LogP contribution in [0.4, 0.5) is 5.69 Å². The number of rotatable bonds is 2. The average molecular weight is 304 g/mol. The molecule has 0 saturated heterocycles. The molecule has 112 valence electrons. The van der Waals surface area contributed by atoms with Gasteiger partial charge < -0.3 is 5.32 Å². The Balaban J connectivity index is 1.58. The third-order valence-corrected chi connectivity index (χ3v) is 6.32. The van der Waals surface area contributed by atoms with Gasteiger partial charge in [-0.15, -0.1) is 11.6 Å². The quantitative estimate of drug-likeness (QED) is 0.790. The van der Waals surface area contributed by atoms with Crippen LogP contribution >= 0.6 is 11.6 Å². The molecule has 0 aromatic heterocycles. The third kappa shape index (κ3) is 2.48. The summed E-state index contributed by atoms with van der Waals surface area (Å²) in [5.41, 5.74) is 3.49. The average Bonchev–Trinajstić information content (AvgIpc) is 3.06. The lowest BCUT2D eigenvalue weighted by molar-refractivity contribution is -0.116. The summed E-state index contributed by atoms with van der Waals surface area (Å²) in [5, 5.41) is 3.15. The minimum atomic E-state index is 0.136. The monoisotopic (exact) mass is 303 g/mol. The summed E-state index contributed by atoms with van der Waals surface area (Å²) in [4.78, 5) is 11.6. The molecule has 1 heterocycles. The van der Waals surface area contributed by atoms with E-state index in [1.54, 1.807) is 0 Å². The minimum Gasteiger partial charge on any atom is -0.326 e. The zero-order chi connectivity index (χ0) is 14.4. The SMILES string of the molecule is O=C1CCCc2cc(C(Cl)C3CC4CCC3C4)ccc2N1. The highest BCUT2D eigenvalue weighted by Crippen LogP contribution is 2.54. The van der Waals surface area contributed by atoms with E-state index in [1.807, 2.05) is 0 Å². The number of benzene rings is 1. The molecule has 0 spiro atoms. The van der Waals surface area contributed by atoms with E-state index in [-0.39, 0.29) is 11.3 Å². The molecule has 2 bridgehead atoms. The van der Waals surface area contributed by atoms with Crippen molar-refractivity contribution in [3.05, 3.63) is 29.3 Å². The van der Waals surface area contributed by atoms with E-state index in [1.165, 1.54) is 36.8 Å². The van der Waals surface area contributed by atoms with Gasteiger partial charge in [-0.3, -0.25) is 4.79 Å². The standard InChI is InChI=1S/C18H22ClNO/c19-18(15-9-11-4-5-12(15)8-11)14-6-7-16-13(10-14)2-1-3-17(21)20-16/h6-7,10-12,15,18H,1-5,8-9H2,(H,20,21). The third-order valence-electron chi connectivity index (χ3n) is 5.74. The second kappa shape index (κ2) is 5.31. The molecule has 2 aliphatic carbocycles. The van der Waals surface area contributed by atoms with E-state index in [0.29, 0.717) is 12.3 Å². The highest BCUT2D eigenvalue weighted by atomic mass is 35.5. The van der Waals surface area contributed by atoms with Crippen LogP contribution in [0.25, 0.3) is 0 Å². The molecule has 1 N–H and O–H groups in total. The van der Waals surface area contributed by atoms with Crippen LogP contribution in [0.5, 0.6) is 0 Å². The van der Waals surface area contributed by atoms with Crippen molar-refractivity contribution in [2.75, 3.05) is 5.32 Å². The molecule has 21 heavy (non-hydrogen) atoms. The Morgan fingerprint density at radius 1 is 1.19 bits per heavy atom. The first-order valence-electron chi connectivity index (χ1n) is 8.27. The van der Waals surface area contributed by atoms with Gasteiger partial charge in [-0.1, -0.05) is 18.6 Å². The lowest BCUT2D eigenvalue weighted by Crippen LogP contribution is -2.16. The maximum absolute atomic E-state index is 11.6. The van der Waals surface area contributed by atoms with Crippen LogP contribution in [0.2, 0.25) is 0 Å². The van der Waals surface area contributed by atoms with Crippen molar-refractivity contribution in [3.8, 4) is 0 Å². The topological polar surface area (TPSA) is 29.1 Å². The Morgan fingerprint density at radius 3 is 2.86 bits per heavy atom. The minimum absolute atomic E-state index is 0.136. The van der Waals surface area contributed by atoms with E-state index in [4.69, 9.17) is 11.6 Å². The van der Waals surface area contributed by atoms with Crippen LogP contribution in [-0.4, -0.2) is 5.91 Å². The molecular weight excluding hydrogens is 282 g/mol. The predicted molar refractivity (Wildman–Crippen MR) is 85.5 cm³/mol. The maximum atomic E-state index is 11.6. The second-order valence-corrected chi connectivity index (χ2v) is 7.53. The van der Waals surface area contributed by atoms with Gasteiger partial charge >= 0.3 is 0 Å². The Bertz CT molecular complexity index is 570. The van der Waals surface area contributed by atoms with Crippen molar-refractivity contribution < 1.29 is 4.79 Å². The lowest BCUT2D eigenvalue weighted by atomic mass is 9.83. The lowest BCUT2D eigenvalue weighted by Gasteiger charge is -2.27. The first-order valence-corrected chi connectivity index (χ1v) is 8.71. The van der Waals surface area contributed by atoms with Gasteiger partial charge in [-0.25, -0.2) is 0 Å². The summed E-state index contributed by atoms with van der Waals surface area (Å²) in [6.07, 6.45) is 8.04. The van der Waals surface area contributed by atoms with Crippen molar-refractivity contribution >= 4 is 23.2 Å². The van der Waals surface area contributed by atoms with E-state index < -0.39 is 0 Å². The van der Waals surface area contributed by atoms with Crippen LogP contribution in [0.15, 0.2) is 18.2 Å². The smallest absolute Gasteiger partial charge is 0.224 e. The van der Waals surface area contributed by atoms with E-state index in [9.17, 15) is 4.79 Å². The first kappa shape index (κ1) is 13.6. The van der Waals surface area contributed by atoms with Crippen LogP contribution < -0.4 is 5.32 Å². The van der Waals surface area contributed by atoms with E-state index >= 15 is 0 Å². The molecule has 2 saturated carbocycles. The van der Waals surface area contributed by atoms with Crippen LogP contribution in [-0.2, 0) is 11.2 Å². The van der Waals surface area contributed by atoms with Gasteiger partial charge in [0.05, 0.1) is 5.38 Å². The Hall–Kier alpha value is -1.02. The van der Waals surface area contributed by atoms with Gasteiger partial charge in [0.25, 0.3) is 0 Å². The fraction of sp³-hybridized carbons (Fsp3) is 0.611. The predicted octanol–water partition coefficient (Wildman–Crippen LogP) is 4.68. The highest BCUT2D eigenvalue weighted by molar-refractivity contribution is 6.21. The fourth-order valence-electron chi connectivity index (χ4n) is 4.67. The number of hydrogen-bond acceptors (Lipinski definition) is 1. The molecule has 0 radical (unpaired) electrons. The molecule has 1 aromatic rings. The number of carbonyl (C=O) groups excluding carboxylic acids is 1. The maximum Gasteiger partial charge on any atom is 0.224 e. The summed E-state index contributed by atoms with van der Waals surface area (Å²) in [6, 6.07) is 6.41. The van der Waals surface area contributed by atoms with Gasteiger partial charge in [0, 0.05) is 12.1 Å². The summed E-state index contributed by atoms with van der Waals surface area (Å²) in [6.45, 7) is 0. The van der Waals surface area contributed by atoms with Crippen LogP contribution in [0, 0.1) is 17.8 Å². The number of carbonyl (C=O) groups is 1. The molecule has 4 unspecified atom stereocenters. The number of halogens is 1. The van der Waals surface area contributed by atoms with Crippen molar-refractivity contribution in [1.29, 1.82) is 0 Å². The van der Waals surface area contributed by atoms with Crippen molar-refractivity contribution in [2.24, 2.45) is 17.8 Å². The Morgan fingerprint density at radius 2 is 2.10 bits per heavy atom. The summed E-state index contributed by atoms with van der Waals surface area (Å²) in [5.74, 6) is 2.57. The zero-order valence-electron chi connectivity index (χ0n) is 12.3. The molecule has 4 rings (SSSR count). The van der Waals surface area contributed by atoms with Crippen LogP contribution in [0.3, 0.4) is 0 Å². The molecular formula is C18H22ClNO. The number of nitrogens with one attached hydrogen (secondary N) is 1. The molecule has 2 nitrogen and oxygen atoms in total. The summed E-state index contributed by atoms with van der Waals surface area (Å²) in [7, 11) is 0. The number of alkyl halides is 1. The normalized spacial score (nSPS) is 32.4. The number of amides is 1. The van der Waals surface area contributed by atoms with E-state index in [0.717, 1.165) is 30.4 Å². The van der Waals surface area contributed by atoms with Crippen molar-refractivity contribution in [3.63, 3.8) is 0 Å². The Labute approximate surface area is 131 Å². The van der Waals surface area contributed by atoms with Gasteiger partial charge in [-0.2, -0.15) is 0 Å². The molecule has 2 fully saturated rings. The molecule has 1 aliphatic heterocycles. The first-order chi connectivity index (χ1) is 10.2. The number of aryl methyl sites for hydroxylation is 1. The van der Waals surface area contributed by atoms with Gasteiger partial charge in [-0.05, 0) is 67.1 Å². The molecule has 1 amide bonds. The summed E-state index contributed by atoms with van der Waals surface area (Å²) >= 11 is 6.83. The molecule has 4 atom stereocenters. The van der Waals surface area contributed by atoms with Gasteiger partial charge in [0.1, 0.15) is 0 Å². The molecule has 3 heteroatoms. The van der Waals surface area contributed by atoms with Crippen molar-refractivity contribution in [1.82, 2.24) is 0 Å². The Kier molecular flexibility index (Phi) is 3.45. The van der Waals surface area contributed by atoms with Crippen molar-refractivity contribution in [2.45, 2.75) is 50.3 Å². The van der Waals surface area contributed by atoms with E-state index in [2.05, 4.69) is 23.5 Å². The van der Waals surface area contributed by atoms with Gasteiger partial charge in [0.15, 0.2) is 0 Å². The molecule has 1 aromatic carbocycles. The fourth-order valence-corrected chi connectivity index (χ4v) is 5.11. The summed E-state index contributed by atoms with van der Waals surface area (Å²) < 4.78 is 0. The number of hydrogen-bond donors (Lipinski definition) is 1. The largest absolute Gasteiger partial charge is 0.326 e. The number of anilines is 1. The highest BCUT2D eigenvalue weighted by Gasteiger charge is 2.43. The number of fused-ring (bicyclic) bond motifs is 3.